The first-order chi connectivity index (χ1) is 23.0. The number of hydrogen-bond acceptors (Lipinski definition) is 8. The van der Waals surface area contributed by atoms with E-state index in [9.17, 15) is 0 Å². The number of hydrogen-bond donors (Lipinski definition) is 0. The first-order valence-electron chi connectivity index (χ1n) is 16.9. The lowest BCUT2D eigenvalue weighted by atomic mass is 9.76. The summed E-state index contributed by atoms with van der Waals surface area (Å²) in [6, 6.07) is 15.2. The molecule has 2 aromatic heterocycles. The van der Waals surface area contributed by atoms with Crippen LogP contribution >= 0.6 is 0 Å². The van der Waals surface area contributed by atoms with Gasteiger partial charge in [-0.3, -0.25) is 19.8 Å². The van der Waals surface area contributed by atoms with Crippen molar-refractivity contribution < 1.29 is 18.9 Å². The molecule has 0 atom stereocenters. The average Bonchev–Trinajstić information content (AvgIpc) is 3.08. The fraction of sp³-hybridized carbons (Fsp3) is 0.436. The van der Waals surface area contributed by atoms with Gasteiger partial charge in [0.15, 0.2) is 11.5 Å². The third-order valence-corrected chi connectivity index (χ3v) is 9.70. The lowest BCUT2D eigenvalue weighted by Gasteiger charge is -2.34. The predicted molar refractivity (Wildman–Crippen MR) is 187 cm³/mol. The Hall–Kier alpha value is -4.14. The molecule has 47 heavy (non-hydrogen) atoms. The Morgan fingerprint density at radius 1 is 0.702 bits per heavy atom. The molecule has 1 saturated heterocycles. The van der Waals surface area contributed by atoms with Crippen LogP contribution in [0.1, 0.15) is 60.8 Å². The molecule has 8 nitrogen and oxygen atoms in total. The quantitative estimate of drug-likeness (QED) is 0.151. The summed E-state index contributed by atoms with van der Waals surface area (Å²) in [6.07, 6.45) is 11.9. The molecular weight excluding hydrogens is 588 g/mol. The molecule has 3 heterocycles. The van der Waals surface area contributed by atoms with Crippen molar-refractivity contribution in [2.75, 3.05) is 54.6 Å². The fourth-order valence-corrected chi connectivity index (χ4v) is 6.93. The minimum absolute atomic E-state index is 0.586. The van der Waals surface area contributed by atoms with E-state index in [0.29, 0.717) is 23.2 Å². The SMILES string of the molecule is CCCc1c(OC)cc(-c2cc(CN3CCN(Cc4cncc(-c5cc(OC)c(OC)c(OC)c5)c4)CC3)ccn2)cc1C1CCC1. The first kappa shape index (κ1) is 32.8. The third kappa shape index (κ3) is 7.39. The van der Waals surface area contributed by atoms with Gasteiger partial charge in [-0.05, 0) is 95.5 Å². The van der Waals surface area contributed by atoms with Crippen LogP contribution in [0, 0.1) is 0 Å². The van der Waals surface area contributed by atoms with Crippen LogP contribution in [-0.4, -0.2) is 74.4 Å². The van der Waals surface area contributed by atoms with Gasteiger partial charge in [0, 0.05) is 69.0 Å². The van der Waals surface area contributed by atoms with Crippen molar-refractivity contribution >= 4 is 0 Å². The number of aromatic nitrogens is 2. The molecule has 4 aromatic rings. The third-order valence-electron chi connectivity index (χ3n) is 9.70. The molecule has 0 amide bonds. The van der Waals surface area contributed by atoms with Gasteiger partial charge < -0.3 is 18.9 Å². The highest BCUT2D eigenvalue weighted by molar-refractivity contribution is 5.71. The highest BCUT2D eigenvalue weighted by Gasteiger charge is 2.25. The van der Waals surface area contributed by atoms with Crippen LogP contribution in [0.3, 0.4) is 0 Å². The fourth-order valence-electron chi connectivity index (χ4n) is 6.93. The zero-order valence-corrected chi connectivity index (χ0v) is 28.6. The molecule has 0 radical (unpaired) electrons. The van der Waals surface area contributed by atoms with E-state index in [1.807, 2.05) is 30.7 Å². The second-order valence-electron chi connectivity index (χ2n) is 12.7. The Labute approximate surface area is 279 Å². The maximum Gasteiger partial charge on any atom is 0.203 e. The molecule has 248 valence electrons. The van der Waals surface area contributed by atoms with Crippen molar-refractivity contribution in [2.45, 2.75) is 58.0 Å². The summed E-state index contributed by atoms with van der Waals surface area (Å²) >= 11 is 0. The molecule has 1 aliphatic carbocycles. The maximum absolute atomic E-state index is 5.92. The number of benzene rings is 2. The van der Waals surface area contributed by atoms with Gasteiger partial charge in [-0.15, -0.1) is 0 Å². The molecule has 6 rings (SSSR count). The van der Waals surface area contributed by atoms with Gasteiger partial charge in [0.1, 0.15) is 5.75 Å². The van der Waals surface area contributed by atoms with Gasteiger partial charge in [0.2, 0.25) is 5.75 Å². The van der Waals surface area contributed by atoms with E-state index >= 15 is 0 Å². The van der Waals surface area contributed by atoms with Crippen LogP contribution in [0.5, 0.6) is 23.0 Å². The Morgan fingerprint density at radius 3 is 1.96 bits per heavy atom. The lowest BCUT2D eigenvalue weighted by molar-refractivity contribution is 0.122. The number of nitrogens with zero attached hydrogens (tertiary/aromatic N) is 4. The van der Waals surface area contributed by atoms with Crippen molar-refractivity contribution in [3.63, 3.8) is 0 Å². The summed E-state index contributed by atoms with van der Waals surface area (Å²) in [5.41, 5.74) is 9.54. The zero-order valence-electron chi connectivity index (χ0n) is 28.6. The molecule has 0 spiro atoms. The van der Waals surface area contributed by atoms with Gasteiger partial charge in [-0.25, -0.2) is 0 Å². The summed E-state index contributed by atoms with van der Waals surface area (Å²) in [5, 5.41) is 0. The molecule has 0 unspecified atom stereocenters. The minimum Gasteiger partial charge on any atom is -0.496 e. The molecular formula is C39H48N4O4. The molecule has 0 N–H and O–H groups in total. The second kappa shape index (κ2) is 15.2. The van der Waals surface area contributed by atoms with E-state index in [-0.39, 0.29) is 0 Å². The Balaban J connectivity index is 1.10. The van der Waals surface area contributed by atoms with Crippen LogP contribution < -0.4 is 18.9 Å². The molecule has 8 heteroatoms. The van der Waals surface area contributed by atoms with E-state index in [1.54, 1.807) is 28.4 Å². The number of piperazine rings is 1. The number of methoxy groups -OCH3 is 4. The first-order valence-corrected chi connectivity index (χ1v) is 16.9. The molecule has 0 bridgehead atoms. The van der Waals surface area contributed by atoms with Crippen molar-refractivity contribution in [3.8, 4) is 45.4 Å². The summed E-state index contributed by atoms with van der Waals surface area (Å²) in [5.74, 6) is 3.51. The summed E-state index contributed by atoms with van der Waals surface area (Å²) in [6.45, 7) is 8.07. The zero-order chi connectivity index (χ0) is 32.8. The van der Waals surface area contributed by atoms with Crippen LogP contribution in [0.15, 0.2) is 61.1 Å². The van der Waals surface area contributed by atoms with Gasteiger partial charge in [-0.1, -0.05) is 19.8 Å². The van der Waals surface area contributed by atoms with E-state index < -0.39 is 0 Å². The van der Waals surface area contributed by atoms with Crippen molar-refractivity contribution in [1.82, 2.24) is 19.8 Å². The van der Waals surface area contributed by atoms with E-state index in [2.05, 4.69) is 52.0 Å². The van der Waals surface area contributed by atoms with Gasteiger partial charge in [-0.2, -0.15) is 0 Å². The maximum atomic E-state index is 5.92. The number of rotatable bonds is 13. The Morgan fingerprint density at radius 2 is 1.36 bits per heavy atom. The summed E-state index contributed by atoms with van der Waals surface area (Å²) in [7, 11) is 6.69. The molecule has 2 aliphatic rings. The van der Waals surface area contributed by atoms with Crippen molar-refractivity contribution in [3.05, 3.63) is 83.3 Å². The summed E-state index contributed by atoms with van der Waals surface area (Å²) < 4.78 is 22.6. The van der Waals surface area contributed by atoms with E-state index in [4.69, 9.17) is 23.9 Å². The topological polar surface area (TPSA) is 69.2 Å². The second-order valence-corrected chi connectivity index (χ2v) is 12.7. The average molecular weight is 637 g/mol. The minimum atomic E-state index is 0.586. The van der Waals surface area contributed by atoms with Gasteiger partial charge in [0.05, 0.1) is 34.1 Å². The standard InChI is InChI=1S/C39H48N4O4/c1-6-8-33-34(29-9-7-10-29)19-31(22-36(33)44-2)35-18-27(11-12-41-35)25-42-13-15-43(16-14-42)26-28-17-32(24-40-23-28)30-20-37(45-3)39(47-5)38(21-30)46-4/h11-12,17-24,29H,6-10,13-16,25-26H2,1-5H3. The number of pyridine rings is 2. The van der Waals surface area contributed by atoms with E-state index in [1.165, 1.54) is 41.5 Å². The Kier molecular flexibility index (Phi) is 10.6. The smallest absolute Gasteiger partial charge is 0.203 e. The van der Waals surface area contributed by atoms with Crippen molar-refractivity contribution in [1.29, 1.82) is 0 Å². The van der Waals surface area contributed by atoms with Crippen molar-refractivity contribution in [2.24, 2.45) is 0 Å². The largest absolute Gasteiger partial charge is 0.496 e. The summed E-state index contributed by atoms with van der Waals surface area (Å²) in [4.78, 5) is 14.4. The highest BCUT2D eigenvalue weighted by Crippen LogP contribution is 2.43. The van der Waals surface area contributed by atoms with Crippen LogP contribution in [0.2, 0.25) is 0 Å². The van der Waals surface area contributed by atoms with Gasteiger partial charge in [0.25, 0.3) is 0 Å². The lowest BCUT2D eigenvalue weighted by Crippen LogP contribution is -2.45. The van der Waals surface area contributed by atoms with E-state index in [0.717, 1.165) is 80.2 Å². The molecule has 1 aliphatic heterocycles. The number of ether oxygens (including phenoxy) is 4. The predicted octanol–water partition coefficient (Wildman–Crippen LogP) is 7.38. The Bertz CT molecular complexity index is 1640. The monoisotopic (exact) mass is 636 g/mol. The van der Waals surface area contributed by atoms with Crippen LogP contribution in [0.25, 0.3) is 22.4 Å². The molecule has 2 fully saturated rings. The van der Waals surface area contributed by atoms with Crippen LogP contribution in [-0.2, 0) is 19.5 Å². The highest BCUT2D eigenvalue weighted by atomic mass is 16.5. The van der Waals surface area contributed by atoms with Crippen LogP contribution in [0.4, 0.5) is 0 Å². The van der Waals surface area contributed by atoms with Gasteiger partial charge >= 0.3 is 0 Å². The molecule has 1 saturated carbocycles. The normalized spacial score (nSPS) is 15.7. The molecule has 2 aromatic carbocycles.